The Bertz CT molecular complexity index is 221. The van der Waals surface area contributed by atoms with Gasteiger partial charge in [-0.25, -0.2) is 0 Å². The largest absolute Gasteiger partial charge is 0.390 e. The molecule has 2 N–H and O–H groups in total. The predicted molar refractivity (Wildman–Crippen MR) is 53.8 cm³/mol. The van der Waals surface area contributed by atoms with Crippen molar-refractivity contribution in [1.82, 2.24) is 0 Å². The highest BCUT2D eigenvalue weighted by atomic mass is 35.5. The average molecular weight is 205 g/mol. The van der Waals surface area contributed by atoms with E-state index >= 15 is 0 Å². The van der Waals surface area contributed by atoms with E-state index in [-0.39, 0.29) is 10.8 Å². The van der Waals surface area contributed by atoms with Gasteiger partial charge in [-0.3, -0.25) is 0 Å². The normalized spacial score (nSPS) is 44.5. The van der Waals surface area contributed by atoms with E-state index in [1.54, 1.807) is 19.1 Å². The third-order valence-corrected chi connectivity index (χ3v) is 3.48. The second-order valence-electron chi connectivity index (χ2n) is 4.70. The third kappa shape index (κ3) is 2.25. The minimum atomic E-state index is -1.15. The minimum Gasteiger partial charge on any atom is -0.390 e. The summed E-state index contributed by atoms with van der Waals surface area (Å²) in [4.78, 5) is 0. The van der Waals surface area contributed by atoms with Crippen LogP contribution in [0.2, 0.25) is 0 Å². The van der Waals surface area contributed by atoms with Crippen molar-refractivity contribution in [3.05, 3.63) is 12.2 Å². The number of rotatable bonds is 0. The van der Waals surface area contributed by atoms with Crippen LogP contribution in [0.3, 0.4) is 0 Å². The first kappa shape index (κ1) is 11.0. The van der Waals surface area contributed by atoms with E-state index in [2.05, 4.69) is 0 Å². The number of aliphatic hydroxyl groups is 2. The summed E-state index contributed by atoms with van der Waals surface area (Å²) >= 11 is 6.10. The Morgan fingerprint density at radius 2 is 1.92 bits per heavy atom. The van der Waals surface area contributed by atoms with Gasteiger partial charge in [-0.15, -0.1) is 11.6 Å². The maximum atomic E-state index is 9.78. The highest BCUT2D eigenvalue weighted by Gasteiger charge is 2.39. The van der Waals surface area contributed by atoms with E-state index in [1.807, 2.05) is 13.8 Å². The Hall–Kier alpha value is -0.0500. The number of aliphatic hydroxyl groups excluding tert-OH is 1. The standard InChI is InChI=1S/C10H17ClO2/c1-9(2)6-8(12)10(3,13)5-4-7(9)11/h4-5,7-8,12-13H,6H2,1-3H3/t7?,8-,10-/m0/s1. The highest BCUT2D eigenvalue weighted by Crippen LogP contribution is 2.37. The van der Waals surface area contributed by atoms with Crippen molar-refractivity contribution < 1.29 is 10.2 Å². The van der Waals surface area contributed by atoms with Gasteiger partial charge in [0.15, 0.2) is 0 Å². The Labute approximate surface area is 84.2 Å². The highest BCUT2D eigenvalue weighted by molar-refractivity contribution is 6.22. The Morgan fingerprint density at radius 1 is 1.38 bits per heavy atom. The van der Waals surface area contributed by atoms with Crippen LogP contribution in [0.15, 0.2) is 12.2 Å². The molecule has 0 fully saturated rings. The van der Waals surface area contributed by atoms with Crippen LogP contribution in [-0.2, 0) is 0 Å². The fraction of sp³-hybridized carbons (Fsp3) is 0.800. The molecule has 0 aromatic rings. The van der Waals surface area contributed by atoms with Gasteiger partial charge in [-0.05, 0) is 18.8 Å². The lowest BCUT2D eigenvalue weighted by atomic mass is 9.82. The lowest BCUT2D eigenvalue weighted by Crippen LogP contribution is -2.39. The van der Waals surface area contributed by atoms with Crippen LogP contribution in [0.1, 0.15) is 27.2 Å². The molecule has 0 spiro atoms. The number of halogens is 1. The minimum absolute atomic E-state index is 0.142. The molecule has 0 saturated heterocycles. The molecule has 1 aliphatic carbocycles. The quantitative estimate of drug-likeness (QED) is 0.466. The second kappa shape index (κ2) is 3.26. The van der Waals surface area contributed by atoms with Gasteiger partial charge in [0.1, 0.15) is 5.60 Å². The average Bonchev–Trinajstić information content (AvgIpc) is 2.03. The number of alkyl halides is 1. The van der Waals surface area contributed by atoms with Gasteiger partial charge in [-0.2, -0.15) is 0 Å². The van der Waals surface area contributed by atoms with Crippen molar-refractivity contribution in [3.8, 4) is 0 Å². The van der Waals surface area contributed by atoms with E-state index in [0.717, 1.165) is 0 Å². The first-order valence-electron chi connectivity index (χ1n) is 4.49. The van der Waals surface area contributed by atoms with Crippen LogP contribution in [-0.4, -0.2) is 27.3 Å². The van der Waals surface area contributed by atoms with Crippen molar-refractivity contribution in [2.45, 2.75) is 44.3 Å². The summed E-state index contributed by atoms with van der Waals surface area (Å²) in [5.41, 5.74) is -1.33. The lowest BCUT2D eigenvalue weighted by molar-refractivity contribution is -0.0419. The molecule has 0 amide bonds. The van der Waals surface area contributed by atoms with Crippen molar-refractivity contribution >= 4 is 11.6 Å². The fourth-order valence-electron chi connectivity index (χ4n) is 1.47. The first-order chi connectivity index (χ1) is 5.76. The van der Waals surface area contributed by atoms with Crippen LogP contribution < -0.4 is 0 Å². The summed E-state index contributed by atoms with van der Waals surface area (Å²) in [6.45, 7) is 5.57. The molecule has 1 unspecified atom stereocenters. The SMILES string of the molecule is CC1(C)C[C@H](O)[C@@](C)(O)C=CC1Cl. The maximum Gasteiger partial charge on any atom is 0.106 e. The zero-order valence-electron chi connectivity index (χ0n) is 8.29. The maximum absolute atomic E-state index is 9.78. The molecule has 1 aliphatic rings. The van der Waals surface area contributed by atoms with E-state index in [1.165, 1.54) is 0 Å². The summed E-state index contributed by atoms with van der Waals surface area (Å²) in [5.74, 6) is 0. The fourth-order valence-corrected chi connectivity index (χ4v) is 1.63. The molecule has 0 heterocycles. The topological polar surface area (TPSA) is 40.5 Å². The predicted octanol–water partition coefficient (Wildman–Crippen LogP) is 1.69. The third-order valence-electron chi connectivity index (χ3n) is 2.74. The van der Waals surface area contributed by atoms with Crippen molar-refractivity contribution in [3.63, 3.8) is 0 Å². The second-order valence-corrected chi connectivity index (χ2v) is 5.17. The Balaban J connectivity index is 2.93. The molecule has 0 bridgehead atoms. The van der Waals surface area contributed by atoms with Crippen molar-refractivity contribution in [2.24, 2.45) is 5.41 Å². The molecule has 76 valence electrons. The number of allylic oxidation sites excluding steroid dienone is 1. The van der Waals surface area contributed by atoms with Gasteiger partial charge >= 0.3 is 0 Å². The van der Waals surface area contributed by atoms with Crippen LogP contribution in [0.25, 0.3) is 0 Å². The lowest BCUT2D eigenvalue weighted by Gasteiger charge is -2.31. The van der Waals surface area contributed by atoms with Gasteiger partial charge in [0, 0.05) is 0 Å². The first-order valence-corrected chi connectivity index (χ1v) is 4.93. The molecule has 0 saturated carbocycles. The molecule has 3 heteroatoms. The zero-order valence-corrected chi connectivity index (χ0v) is 9.04. The zero-order chi connectivity index (χ0) is 10.3. The van der Waals surface area contributed by atoms with Crippen LogP contribution in [0.5, 0.6) is 0 Å². The molecule has 0 aliphatic heterocycles. The number of hydrogen-bond donors (Lipinski definition) is 2. The molecular weight excluding hydrogens is 188 g/mol. The number of hydrogen-bond acceptors (Lipinski definition) is 2. The molecule has 0 aromatic heterocycles. The van der Waals surface area contributed by atoms with Crippen molar-refractivity contribution in [1.29, 1.82) is 0 Å². The van der Waals surface area contributed by atoms with Crippen LogP contribution >= 0.6 is 11.6 Å². The van der Waals surface area contributed by atoms with Gasteiger partial charge in [0.2, 0.25) is 0 Å². The van der Waals surface area contributed by atoms with E-state index in [4.69, 9.17) is 11.6 Å². The molecular formula is C10H17ClO2. The van der Waals surface area contributed by atoms with E-state index < -0.39 is 11.7 Å². The summed E-state index contributed by atoms with van der Waals surface area (Å²) in [7, 11) is 0. The molecule has 1 rings (SSSR count). The smallest absolute Gasteiger partial charge is 0.106 e. The van der Waals surface area contributed by atoms with Crippen molar-refractivity contribution in [2.75, 3.05) is 0 Å². The van der Waals surface area contributed by atoms with E-state index in [0.29, 0.717) is 6.42 Å². The van der Waals surface area contributed by atoms with Gasteiger partial charge in [-0.1, -0.05) is 26.0 Å². The Kier molecular flexibility index (Phi) is 2.77. The Morgan fingerprint density at radius 3 is 2.46 bits per heavy atom. The molecule has 0 radical (unpaired) electrons. The summed E-state index contributed by atoms with van der Waals surface area (Å²) < 4.78 is 0. The van der Waals surface area contributed by atoms with Gasteiger partial charge in [0.05, 0.1) is 11.5 Å². The summed E-state index contributed by atoms with van der Waals surface area (Å²) in [5, 5.41) is 19.3. The summed E-state index contributed by atoms with van der Waals surface area (Å²) in [6, 6.07) is 0. The molecule has 3 atom stereocenters. The van der Waals surface area contributed by atoms with Crippen LogP contribution in [0, 0.1) is 5.41 Å². The molecule has 2 nitrogen and oxygen atoms in total. The monoisotopic (exact) mass is 204 g/mol. The molecule has 0 aromatic carbocycles. The van der Waals surface area contributed by atoms with Crippen LogP contribution in [0.4, 0.5) is 0 Å². The van der Waals surface area contributed by atoms with Gasteiger partial charge in [0.25, 0.3) is 0 Å². The van der Waals surface area contributed by atoms with Gasteiger partial charge < -0.3 is 10.2 Å². The summed E-state index contributed by atoms with van der Waals surface area (Å²) in [6.07, 6.45) is 3.10. The molecule has 13 heavy (non-hydrogen) atoms. The van der Waals surface area contributed by atoms with E-state index in [9.17, 15) is 10.2 Å².